The van der Waals surface area contributed by atoms with Gasteiger partial charge in [-0.15, -0.1) is 0 Å². The molecule has 2 aromatic rings. The molecule has 2 heterocycles. The van der Waals surface area contributed by atoms with Crippen molar-refractivity contribution >= 4 is 5.82 Å². The van der Waals surface area contributed by atoms with Crippen molar-refractivity contribution in [1.82, 2.24) is 25.2 Å². The molecule has 0 fully saturated rings. The molecular formula is C9H15N7. The molecule has 7 nitrogen and oxygen atoms in total. The van der Waals surface area contributed by atoms with Gasteiger partial charge in [0.05, 0.1) is 12.2 Å². The fourth-order valence-corrected chi connectivity index (χ4v) is 1.62. The molecule has 0 spiro atoms. The first-order valence-corrected chi connectivity index (χ1v) is 4.93. The molecule has 0 saturated heterocycles. The normalized spacial score (nSPS) is 12.9. The van der Waals surface area contributed by atoms with Gasteiger partial charge in [0.2, 0.25) is 0 Å². The van der Waals surface area contributed by atoms with Crippen molar-refractivity contribution in [1.29, 1.82) is 0 Å². The molecule has 1 unspecified atom stereocenters. The van der Waals surface area contributed by atoms with Crippen LogP contribution in [0.1, 0.15) is 17.4 Å². The van der Waals surface area contributed by atoms with Crippen molar-refractivity contribution < 1.29 is 0 Å². The molecule has 7 heteroatoms. The number of anilines is 1. The molecule has 16 heavy (non-hydrogen) atoms. The Labute approximate surface area is 92.8 Å². The number of hydrogen-bond acceptors (Lipinski definition) is 5. The minimum Gasteiger partial charge on any atom is -0.384 e. The number of nitrogens with two attached hydrogens (primary N) is 2. The molecule has 0 saturated carbocycles. The van der Waals surface area contributed by atoms with E-state index in [0.717, 1.165) is 11.4 Å². The molecule has 1 atom stereocenters. The topological polar surface area (TPSA) is 111 Å². The molecule has 0 amide bonds. The highest BCUT2D eigenvalue weighted by atomic mass is 15.2. The van der Waals surface area contributed by atoms with Gasteiger partial charge in [-0.25, -0.2) is 4.98 Å². The van der Waals surface area contributed by atoms with Gasteiger partial charge >= 0.3 is 0 Å². The first kappa shape index (κ1) is 10.7. The number of hydrazine groups is 1. The van der Waals surface area contributed by atoms with Crippen molar-refractivity contribution in [3.05, 3.63) is 30.0 Å². The van der Waals surface area contributed by atoms with E-state index in [1.54, 1.807) is 12.4 Å². The highest BCUT2D eigenvalue weighted by Crippen LogP contribution is 2.20. The van der Waals surface area contributed by atoms with Crippen LogP contribution in [0.3, 0.4) is 0 Å². The van der Waals surface area contributed by atoms with Crippen LogP contribution in [0.5, 0.6) is 0 Å². The Morgan fingerprint density at radius 1 is 1.62 bits per heavy atom. The van der Waals surface area contributed by atoms with E-state index in [9.17, 15) is 0 Å². The second kappa shape index (κ2) is 4.33. The van der Waals surface area contributed by atoms with Crippen LogP contribution in [0.15, 0.2) is 18.6 Å². The van der Waals surface area contributed by atoms with Crippen LogP contribution in [-0.4, -0.2) is 19.7 Å². The SMILES string of the molecule is Cn1ccnc1CC(NN)c1cn[nH]c1N. The van der Waals surface area contributed by atoms with Gasteiger partial charge in [0.15, 0.2) is 0 Å². The quantitative estimate of drug-likeness (QED) is 0.410. The fraction of sp³-hybridized carbons (Fsp3) is 0.333. The monoisotopic (exact) mass is 221 g/mol. The third-order valence-corrected chi connectivity index (χ3v) is 2.58. The second-order valence-corrected chi connectivity index (χ2v) is 3.62. The van der Waals surface area contributed by atoms with E-state index in [1.807, 2.05) is 17.8 Å². The molecule has 0 aliphatic carbocycles. The van der Waals surface area contributed by atoms with Crippen LogP contribution in [0.4, 0.5) is 5.82 Å². The van der Waals surface area contributed by atoms with Crippen LogP contribution in [0.25, 0.3) is 0 Å². The largest absolute Gasteiger partial charge is 0.384 e. The number of aromatic amines is 1. The average Bonchev–Trinajstić information content (AvgIpc) is 2.85. The molecule has 86 valence electrons. The predicted molar refractivity (Wildman–Crippen MR) is 60.0 cm³/mol. The summed E-state index contributed by atoms with van der Waals surface area (Å²) in [7, 11) is 1.94. The van der Waals surface area contributed by atoms with Gasteiger partial charge in [0, 0.05) is 31.4 Å². The van der Waals surface area contributed by atoms with Crippen LogP contribution >= 0.6 is 0 Å². The van der Waals surface area contributed by atoms with Gasteiger partial charge in [-0.3, -0.25) is 16.4 Å². The van der Waals surface area contributed by atoms with E-state index < -0.39 is 0 Å². The maximum absolute atomic E-state index is 5.74. The van der Waals surface area contributed by atoms with Gasteiger partial charge in [0.1, 0.15) is 11.6 Å². The number of hydrogen-bond donors (Lipinski definition) is 4. The standard InChI is InChI=1S/C9H15N7/c1-16-3-2-12-8(16)4-7(14-11)6-5-13-15-9(6)10/h2-3,5,7,14H,4,11H2,1H3,(H3,10,13,15). The Morgan fingerprint density at radius 3 is 2.94 bits per heavy atom. The zero-order valence-electron chi connectivity index (χ0n) is 9.01. The van der Waals surface area contributed by atoms with E-state index in [2.05, 4.69) is 20.6 Å². The van der Waals surface area contributed by atoms with Crippen molar-refractivity contribution in [2.75, 3.05) is 5.73 Å². The number of aromatic nitrogens is 4. The lowest BCUT2D eigenvalue weighted by atomic mass is 10.1. The molecule has 2 rings (SSSR count). The maximum atomic E-state index is 5.74. The third kappa shape index (κ3) is 1.90. The Kier molecular flexibility index (Phi) is 2.88. The Bertz CT molecular complexity index is 458. The molecule has 0 aliphatic heterocycles. The first-order valence-electron chi connectivity index (χ1n) is 4.93. The zero-order valence-corrected chi connectivity index (χ0v) is 9.01. The maximum Gasteiger partial charge on any atom is 0.123 e. The highest BCUT2D eigenvalue weighted by Gasteiger charge is 2.16. The minimum absolute atomic E-state index is 0.0974. The van der Waals surface area contributed by atoms with E-state index in [4.69, 9.17) is 11.6 Å². The predicted octanol–water partition coefficient (Wildman–Crippen LogP) is -0.527. The molecule has 0 aromatic carbocycles. The number of nitrogen functional groups attached to an aromatic ring is 1. The summed E-state index contributed by atoms with van der Waals surface area (Å²) in [6.45, 7) is 0. The molecule has 6 N–H and O–H groups in total. The summed E-state index contributed by atoms with van der Waals surface area (Å²) in [6.07, 6.45) is 5.97. The molecule has 0 aliphatic rings. The van der Waals surface area contributed by atoms with E-state index >= 15 is 0 Å². The van der Waals surface area contributed by atoms with Crippen LogP contribution in [0.2, 0.25) is 0 Å². The summed E-state index contributed by atoms with van der Waals surface area (Å²) in [4.78, 5) is 4.24. The van der Waals surface area contributed by atoms with E-state index in [-0.39, 0.29) is 6.04 Å². The lowest BCUT2D eigenvalue weighted by molar-refractivity contribution is 0.532. The van der Waals surface area contributed by atoms with Gasteiger partial charge in [0.25, 0.3) is 0 Å². The highest BCUT2D eigenvalue weighted by molar-refractivity contribution is 5.39. The summed E-state index contributed by atoms with van der Waals surface area (Å²) in [6, 6.07) is -0.0974. The average molecular weight is 221 g/mol. The summed E-state index contributed by atoms with van der Waals surface area (Å²) >= 11 is 0. The van der Waals surface area contributed by atoms with Crippen LogP contribution in [0, 0.1) is 0 Å². The van der Waals surface area contributed by atoms with Crippen LogP contribution < -0.4 is 17.0 Å². The summed E-state index contributed by atoms with van der Waals surface area (Å²) < 4.78 is 1.95. The molecular weight excluding hydrogens is 206 g/mol. The number of nitrogens with zero attached hydrogens (tertiary/aromatic N) is 3. The molecule has 0 bridgehead atoms. The lowest BCUT2D eigenvalue weighted by Gasteiger charge is -2.14. The number of H-pyrrole nitrogens is 1. The Hall–Kier alpha value is -1.86. The lowest BCUT2D eigenvalue weighted by Crippen LogP contribution is -2.30. The number of rotatable bonds is 4. The van der Waals surface area contributed by atoms with Crippen LogP contribution in [-0.2, 0) is 13.5 Å². The Morgan fingerprint density at radius 2 is 2.44 bits per heavy atom. The smallest absolute Gasteiger partial charge is 0.123 e. The first-order chi connectivity index (χ1) is 7.72. The van der Waals surface area contributed by atoms with Gasteiger partial charge in [-0.1, -0.05) is 0 Å². The van der Waals surface area contributed by atoms with Crippen molar-refractivity contribution in [2.45, 2.75) is 12.5 Å². The summed E-state index contributed by atoms with van der Waals surface area (Å²) in [5.41, 5.74) is 9.31. The summed E-state index contributed by atoms with van der Waals surface area (Å²) in [5, 5.41) is 6.55. The number of nitrogens with one attached hydrogen (secondary N) is 2. The zero-order chi connectivity index (χ0) is 11.5. The minimum atomic E-state index is -0.0974. The van der Waals surface area contributed by atoms with Gasteiger partial charge in [-0.2, -0.15) is 5.10 Å². The Balaban J connectivity index is 2.19. The number of imidazole rings is 1. The van der Waals surface area contributed by atoms with Gasteiger partial charge in [-0.05, 0) is 0 Å². The second-order valence-electron chi connectivity index (χ2n) is 3.62. The molecule has 0 radical (unpaired) electrons. The number of aryl methyl sites for hydroxylation is 1. The third-order valence-electron chi connectivity index (χ3n) is 2.58. The van der Waals surface area contributed by atoms with Crippen molar-refractivity contribution in [3.8, 4) is 0 Å². The summed E-state index contributed by atoms with van der Waals surface area (Å²) in [5.74, 6) is 6.97. The van der Waals surface area contributed by atoms with E-state index in [0.29, 0.717) is 12.2 Å². The van der Waals surface area contributed by atoms with Gasteiger partial charge < -0.3 is 10.3 Å². The molecule has 2 aromatic heterocycles. The van der Waals surface area contributed by atoms with Crippen molar-refractivity contribution in [3.63, 3.8) is 0 Å². The van der Waals surface area contributed by atoms with Crippen molar-refractivity contribution in [2.24, 2.45) is 12.9 Å². The van der Waals surface area contributed by atoms with E-state index in [1.165, 1.54) is 0 Å². The fourth-order valence-electron chi connectivity index (χ4n) is 1.62.